The zero-order valence-electron chi connectivity index (χ0n) is 5.31. The Morgan fingerprint density at radius 3 is 3.00 bits per heavy atom. The Bertz CT molecular complexity index is 217. The Balaban J connectivity index is 2.78. The smallest absolute Gasteiger partial charge is 0.281 e. The molecule has 54 valence electrons. The third-order valence-electron chi connectivity index (χ3n) is 0.973. The molecule has 1 aromatic rings. The van der Waals surface area contributed by atoms with Gasteiger partial charge in [-0.2, -0.15) is 0 Å². The molecule has 0 unspecified atom stereocenters. The molecule has 5 heteroatoms. The molecule has 0 saturated heterocycles. The van der Waals surface area contributed by atoms with Gasteiger partial charge in [0.25, 0.3) is 5.91 Å². The standard InChI is InChI=1S/C5H6N2O3/c1-7(9)5(8)4-2-6-10-3-4/h2-3,9H,1H3. The van der Waals surface area contributed by atoms with E-state index in [4.69, 9.17) is 5.21 Å². The van der Waals surface area contributed by atoms with E-state index in [1.807, 2.05) is 0 Å². The quantitative estimate of drug-likeness (QED) is 0.447. The van der Waals surface area contributed by atoms with Crippen LogP contribution in [0.4, 0.5) is 0 Å². The molecule has 0 fully saturated rings. The van der Waals surface area contributed by atoms with Gasteiger partial charge in [-0.25, -0.2) is 5.06 Å². The van der Waals surface area contributed by atoms with Gasteiger partial charge in [-0.05, 0) is 0 Å². The molecule has 0 aliphatic heterocycles. The lowest BCUT2D eigenvalue weighted by molar-refractivity contribution is -0.0375. The van der Waals surface area contributed by atoms with Crippen LogP contribution in [0.15, 0.2) is 17.0 Å². The lowest BCUT2D eigenvalue weighted by Crippen LogP contribution is -2.21. The fourth-order valence-electron chi connectivity index (χ4n) is 0.497. The normalized spacial score (nSPS) is 9.40. The molecule has 0 radical (unpaired) electrons. The van der Waals surface area contributed by atoms with E-state index < -0.39 is 5.91 Å². The van der Waals surface area contributed by atoms with Gasteiger partial charge in [-0.1, -0.05) is 5.16 Å². The highest BCUT2D eigenvalue weighted by molar-refractivity contribution is 5.92. The molecule has 1 aromatic heterocycles. The van der Waals surface area contributed by atoms with Crippen LogP contribution in [0, 0.1) is 0 Å². The van der Waals surface area contributed by atoms with Crippen LogP contribution in [0.3, 0.4) is 0 Å². The van der Waals surface area contributed by atoms with Crippen LogP contribution in [0.2, 0.25) is 0 Å². The van der Waals surface area contributed by atoms with Crippen molar-refractivity contribution in [1.82, 2.24) is 10.2 Å². The summed E-state index contributed by atoms with van der Waals surface area (Å²) in [7, 11) is 1.23. The predicted octanol–water partition coefficient (Wildman–Crippen LogP) is 0.136. The van der Waals surface area contributed by atoms with Crippen LogP contribution >= 0.6 is 0 Å². The molecule has 5 nitrogen and oxygen atoms in total. The van der Waals surface area contributed by atoms with Crippen molar-refractivity contribution < 1.29 is 14.5 Å². The summed E-state index contributed by atoms with van der Waals surface area (Å²) in [5, 5.41) is 12.4. The van der Waals surface area contributed by atoms with Crippen molar-refractivity contribution in [3.8, 4) is 0 Å². The fourth-order valence-corrected chi connectivity index (χ4v) is 0.497. The number of carbonyl (C=O) groups excluding carboxylic acids is 1. The fraction of sp³-hybridized carbons (Fsp3) is 0.200. The minimum atomic E-state index is -0.541. The molecule has 0 aliphatic carbocycles. The minimum Gasteiger partial charge on any atom is -0.364 e. The Hall–Kier alpha value is -1.36. The van der Waals surface area contributed by atoms with Gasteiger partial charge in [-0.15, -0.1) is 0 Å². The van der Waals surface area contributed by atoms with Crippen molar-refractivity contribution in [3.63, 3.8) is 0 Å². The summed E-state index contributed by atoms with van der Waals surface area (Å²) in [6.07, 6.45) is 2.39. The second kappa shape index (κ2) is 2.49. The summed E-state index contributed by atoms with van der Waals surface area (Å²) in [6, 6.07) is 0. The predicted molar refractivity (Wildman–Crippen MR) is 30.4 cm³/mol. The van der Waals surface area contributed by atoms with Gasteiger partial charge in [0.1, 0.15) is 11.8 Å². The van der Waals surface area contributed by atoms with Crippen LogP contribution in [0.5, 0.6) is 0 Å². The zero-order valence-corrected chi connectivity index (χ0v) is 5.31. The maximum Gasteiger partial charge on any atom is 0.281 e. The van der Waals surface area contributed by atoms with Gasteiger partial charge in [-0.3, -0.25) is 10.0 Å². The van der Waals surface area contributed by atoms with Crippen LogP contribution in [-0.2, 0) is 0 Å². The van der Waals surface area contributed by atoms with Crippen molar-refractivity contribution in [1.29, 1.82) is 0 Å². The Labute approximate surface area is 56.8 Å². The Kier molecular flexibility index (Phi) is 1.68. The SMILES string of the molecule is CN(O)C(=O)c1cnoc1. The van der Waals surface area contributed by atoms with Crippen LogP contribution in [0.25, 0.3) is 0 Å². The Morgan fingerprint density at radius 2 is 2.60 bits per heavy atom. The number of hydrogen-bond donors (Lipinski definition) is 1. The zero-order chi connectivity index (χ0) is 7.56. The molecule has 1 N–H and O–H groups in total. The van der Waals surface area contributed by atoms with Crippen molar-refractivity contribution in [3.05, 3.63) is 18.0 Å². The molecule has 0 bridgehead atoms. The summed E-state index contributed by atoms with van der Waals surface area (Å²) >= 11 is 0. The van der Waals surface area contributed by atoms with Crippen molar-refractivity contribution in [2.45, 2.75) is 0 Å². The van der Waals surface area contributed by atoms with E-state index in [9.17, 15) is 4.79 Å². The number of amides is 1. The first-order valence-electron chi connectivity index (χ1n) is 2.58. The van der Waals surface area contributed by atoms with E-state index in [2.05, 4.69) is 9.68 Å². The average Bonchev–Trinajstić information content (AvgIpc) is 2.36. The van der Waals surface area contributed by atoms with Crippen LogP contribution in [0.1, 0.15) is 10.4 Å². The van der Waals surface area contributed by atoms with Crippen molar-refractivity contribution >= 4 is 5.91 Å². The van der Waals surface area contributed by atoms with Crippen LogP contribution in [-0.4, -0.2) is 28.4 Å². The van der Waals surface area contributed by atoms with Gasteiger partial charge in [0.2, 0.25) is 0 Å². The molecule has 0 aromatic carbocycles. The number of carbonyl (C=O) groups is 1. The summed E-state index contributed by atoms with van der Waals surface area (Å²) < 4.78 is 4.38. The minimum absolute atomic E-state index is 0.227. The molecule has 1 heterocycles. The van der Waals surface area contributed by atoms with Crippen molar-refractivity contribution in [2.24, 2.45) is 0 Å². The molecule has 1 amide bonds. The maximum atomic E-state index is 10.8. The summed E-state index contributed by atoms with van der Waals surface area (Å²) in [4.78, 5) is 10.8. The van der Waals surface area contributed by atoms with E-state index >= 15 is 0 Å². The lowest BCUT2D eigenvalue weighted by Gasteiger charge is -2.03. The molecular weight excluding hydrogens is 136 g/mol. The number of nitrogens with zero attached hydrogens (tertiary/aromatic N) is 2. The maximum absolute atomic E-state index is 10.8. The van der Waals surface area contributed by atoms with E-state index in [0.29, 0.717) is 5.06 Å². The first kappa shape index (κ1) is 6.76. The summed E-state index contributed by atoms with van der Waals surface area (Å²) in [5.41, 5.74) is 0.227. The summed E-state index contributed by atoms with van der Waals surface area (Å²) in [6.45, 7) is 0. The Morgan fingerprint density at radius 1 is 1.90 bits per heavy atom. The van der Waals surface area contributed by atoms with E-state index in [0.717, 1.165) is 6.26 Å². The van der Waals surface area contributed by atoms with Gasteiger partial charge in [0.15, 0.2) is 0 Å². The molecule has 0 saturated carbocycles. The second-order valence-corrected chi connectivity index (χ2v) is 1.74. The van der Waals surface area contributed by atoms with Gasteiger partial charge in [0.05, 0.1) is 6.20 Å². The molecular formula is C5H6N2O3. The van der Waals surface area contributed by atoms with E-state index in [1.54, 1.807) is 0 Å². The number of hydroxylamine groups is 2. The number of aromatic nitrogens is 1. The third-order valence-corrected chi connectivity index (χ3v) is 0.973. The molecule has 0 aliphatic rings. The second-order valence-electron chi connectivity index (χ2n) is 1.74. The third kappa shape index (κ3) is 1.14. The highest BCUT2D eigenvalue weighted by atomic mass is 16.5. The highest BCUT2D eigenvalue weighted by Crippen LogP contribution is 1.98. The monoisotopic (exact) mass is 142 g/mol. The summed E-state index contributed by atoms with van der Waals surface area (Å²) in [5.74, 6) is -0.541. The van der Waals surface area contributed by atoms with Gasteiger partial charge < -0.3 is 4.52 Å². The topological polar surface area (TPSA) is 66.6 Å². The van der Waals surface area contributed by atoms with E-state index in [1.165, 1.54) is 13.2 Å². The first-order valence-corrected chi connectivity index (χ1v) is 2.58. The molecule has 0 spiro atoms. The molecule has 10 heavy (non-hydrogen) atoms. The molecule has 1 rings (SSSR count). The average molecular weight is 142 g/mol. The number of rotatable bonds is 1. The van der Waals surface area contributed by atoms with Gasteiger partial charge in [0, 0.05) is 7.05 Å². The van der Waals surface area contributed by atoms with Gasteiger partial charge >= 0.3 is 0 Å². The number of hydrogen-bond acceptors (Lipinski definition) is 4. The van der Waals surface area contributed by atoms with E-state index in [-0.39, 0.29) is 5.56 Å². The van der Waals surface area contributed by atoms with Crippen LogP contribution < -0.4 is 0 Å². The lowest BCUT2D eigenvalue weighted by atomic mass is 10.3. The van der Waals surface area contributed by atoms with Crippen molar-refractivity contribution in [2.75, 3.05) is 7.05 Å². The highest BCUT2D eigenvalue weighted by Gasteiger charge is 2.10. The first-order chi connectivity index (χ1) is 4.72. The largest absolute Gasteiger partial charge is 0.364 e. The molecule has 0 atom stereocenters.